The highest BCUT2D eigenvalue weighted by Gasteiger charge is 2.27. The number of amides is 2. The quantitative estimate of drug-likeness (QED) is 0.419. The molecule has 0 spiro atoms. The highest BCUT2D eigenvalue weighted by atomic mass is 16.5. The van der Waals surface area contributed by atoms with Crippen molar-refractivity contribution in [1.82, 2.24) is 15.1 Å². The molecule has 4 rings (SSSR count). The first kappa shape index (κ1) is 22.8. The summed E-state index contributed by atoms with van der Waals surface area (Å²) in [6, 6.07) is 12.4. The monoisotopic (exact) mass is 464 g/mol. The number of aromatic hydroxyl groups is 1. The van der Waals surface area contributed by atoms with Gasteiger partial charge in [0.05, 0.1) is 18.5 Å². The van der Waals surface area contributed by atoms with E-state index >= 15 is 0 Å². The normalized spacial score (nSPS) is 13.1. The highest BCUT2D eigenvalue weighted by molar-refractivity contribution is 6.04. The molecule has 0 radical (unpaired) electrons. The smallest absolute Gasteiger partial charge is 0.342 e. The largest absolute Gasteiger partial charge is 0.507 e. The van der Waals surface area contributed by atoms with E-state index in [-0.39, 0.29) is 17.6 Å². The number of nitrogens with zero attached hydrogens (tertiary/aromatic N) is 2. The van der Waals surface area contributed by atoms with Gasteiger partial charge in [0.1, 0.15) is 18.0 Å². The molecule has 2 amide bonds. The zero-order valence-electron chi connectivity index (χ0n) is 18.4. The van der Waals surface area contributed by atoms with Crippen molar-refractivity contribution in [2.75, 3.05) is 19.0 Å². The van der Waals surface area contributed by atoms with Crippen LogP contribution in [0.5, 0.6) is 11.5 Å². The van der Waals surface area contributed by atoms with Crippen molar-refractivity contribution < 1.29 is 29.3 Å². The Morgan fingerprint density at radius 1 is 1.15 bits per heavy atom. The second-order valence-electron chi connectivity index (χ2n) is 7.96. The lowest BCUT2D eigenvalue weighted by molar-refractivity contribution is -0.135. The summed E-state index contributed by atoms with van der Waals surface area (Å²) in [5, 5.41) is 28.9. The summed E-state index contributed by atoms with van der Waals surface area (Å²) >= 11 is 0. The van der Waals surface area contributed by atoms with Gasteiger partial charge >= 0.3 is 12.0 Å². The number of carbonyl (C=O) groups is 3. The molecule has 176 valence electrons. The number of aromatic nitrogens is 2. The number of carbonyl (C=O) groups excluding carboxylic acids is 2. The van der Waals surface area contributed by atoms with E-state index in [4.69, 9.17) is 9.84 Å². The Hall–Kier alpha value is -4.34. The first-order valence-electron chi connectivity index (χ1n) is 10.7. The Morgan fingerprint density at radius 3 is 2.59 bits per heavy atom. The summed E-state index contributed by atoms with van der Waals surface area (Å²) < 4.78 is 6.30. The predicted octanol–water partition coefficient (Wildman–Crippen LogP) is 3.43. The lowest BCUT2D eigenvalue weighted by Crippen LogP contribution is -2.35. The fraction of sp³-hybridized carbons (Fsp3) is 0.250. The molecule has 10 nitrogen and oxygen atoms in total. The average molecular weight is 464 g/mol. The van der Waals surface area contributed by atoms with Gasteiger partial charge in [-0.1, -0.05) is 12.5 Å². The van der Waals surface area contributed by atoms with Crippen LogP contribution in [0, 0.1) is 0 Å². The van der Waals surface area contributed by atoms with Crippen molar-refractivity contribution in [2.24, 2.45) is 0 Å². The van der Waals surface area contributed by atoms with Gasteiger partial charge in [-0.15, -0.1) is 0 Å². The van der Waals surface area contributed by atoms with E-state index in [1.807, 2.05) is 0 Å². The summed E-state index contributed by atoms with van der Waals surface area (Å²) in [5.74, 6) is -0.955. The van der Waals surface area contributed by atoms with Gasteiger partial charge in [0.2, 0.25) is 0 Å². The lowest BCUT2D eigenvalue weighted by atomic mass is 9.82. The maximum atomic E-state index is 12.5. The number of ether oxygens (including phenoxy) is 1. The third-order valence-corrected chi connectivity index (χ3v) is 5.71. The fourth-order valence-electron chi connectivity index (χ4n) is 3.70. The van der Waals surface area contributed by atoms with Crippen molar-refractivity contribution in [3.8, 4) is 22.8 Å². The van der Waals surface area contributed by atoms with E-state index in [1.165, 1.54) is 17.9 Å². The SMILES string of the molecule is COc1cccc(C(=O)Nc2ccc(-c3cc(C4CCC4)n(C(=O)NCC(=O)O)n3)c(O)c2)c1. The van der Waals surface area contributed by atoms with Gasteiger partial charge in [-0.25, -0.2) is 4.79 Å². The summed E-state index contributed by atoms with van der Waals surface area (Å²) in [5.41, 5.74) is 2.20. The first-order chi connectivity index (χ1) is 16.4. The lowest BCUT2D eigenvalue weighted by Gasteiger charge is -2.25. The van der Waals surface area contributed by atoms with Crippen molar-refractivity contribution in [2.45, 2.75) is 25.2 Å². The number of phenolic OH excluding ortho intramolecular Hbond substituents is 1. The maximum Gasteiger partial charge on any atom is 0.342 e. The molecule has 0 bridgehead atoms. The number of carboxylic acid groups (broad SMARTS) is 1. The fourth-order valence-corrected chi connectivity index (χ4v) is 3.70. The minimum absolute atomic E-state index is 0.126. The Morgan fingerprint density at radius 2 is 1.94 bits per heavy atom. The van der Waals surface area contributed by atoms with E-state index in [2.05, 4.69) is 15.7 Å². The van der Waals surface area contributed by atoms with E-state index in [1.54, 1.807) is 42.5 Å². The van der Waals surface area contributed by atoms with E-state index < -0.39 is 18.5 Å². The van der Waals surface area contributed by atoms with Gasteiger partial charge in [-0.2, -0.15) is 9.78 Å². The Balaban J connectivity index is 1.56. The van der Waals surface area contributed by atoms with Gasteiger partial charge in [-0.05, 0) is 49.2 Å². The van der Waals surface area contributed by atoms with Crippen LogP contribution in [0.15, 0.2) is 48.5 Å². The number of methoxy groups -OCH3 is 1. The van der Waals surface area contributed by atoms with E-state index in [0.29, 0.717) is 34.0 Å². The molecule has 10 heteroatoms. The topological polar surface area (TPSA) is 143 Å². The summed E-state index contributed by atoms with van der Waals surface area (Å²) in [7, 11) is 1.52. The van der Waals surface area contributed by atoms with Crippen LogP contribution in [0.2, 0.25) is 0 Å². The first-order valence-corrected chi connectivity index (χ1v) is 10.7. The zero-order valence-corrected chi connectivity index (χ0v) is 18.4. The van der Waals surface area contributed by atoms with Crippen LogP contribution in [0.1, 0.15) is 41.2 Å². The minimum atomic E-state index is -1.16. The zero-order chi connectivity index (χ0) is 24.2. The molecule has 1 fully saturated rings. The van der Waals surface area contributed by atoms with Crippen LogP contribution in [0.4, 0.5) is 10.5 Å². The number of anilines is 1. The van der Waals surface area contributed by atoms with Crippen molar-refractivity contribution in [3.63, 3.8) is 0 Å². The number of carboxylic acids is 1. The van der Waals surface area contributed by atoms with Gasteiger partial charge in [0.15, 0.2) is 0 Å². The number of hydrogen-bond donors (Lipinski definition) is 4. The number of rotatable bonds is 7. The second-order valence-corrected chi connectivity index (χ2v) is 7.96. The summed E-state index contributed by atoms with van der Waals surface area (Å²) in [4.78, 5) is 35.9. The van der Waals surface area contributed by atoms with Crippen molar-refractivity contribution in [1.29, 1.82) is 0 Å². The molecule has 1 heterocycles. The number of hydrogen-bond acceptors (Lipinski definition) is 6. The molecular weight excluding hydrogens is 440 g/mol. The third-order valence-electron chi connectivity index (χ3n) is 5.71. The molecule has 0 unspecified atom stereocenters. The molecule has 1 aliphatic carbocycles. The van der Waals surface area contributed by atoms with Gasteiger partial charge < -0.3 is 25.6 Å². The number of nitrogens with one attached hydrogen (secondary N) is 2. The Kier molecular flexibility index (Phi) is 6.48. The summed E-state index contributed by atoms with van der Waals surface area (Å²) in [6.07, 6.45) is 2.84. The van der Waals surface area contributed by atoms with Gasteiger partial charge in [0.25, 0.3) is 5.91 Å². The Bertz CT molecular complexity index is 1250. The molecule has 0 aliphatic heterocycles. The number of phenols is 1. The van der Waals surface area contributed by atoms with Crippen molar-refractivity contribution in [3.05, 3.63) is 59.8 Å². The van der Waals surface area contributed by atoms with Gasteiger partial charge in [0, 0.05) is 28.8 Å². The second kappa shape index (κ2) is 9.65. The molecule has 0 atom stereocenters. The number of aliphatic carboxylic acids is 1. The van der Waals surface area contributed by atoms with Crippen LogP contribution in [-0.2, 0) is 4.79 Å². The molecule has 1 saturated carbocycles. The molecule has 1 aromatic heterocycles. The molecule has 4 N–H and O–H groups in total. The van der Waals surface area contributed by atoms with E-state index in [0.717, 1.165) is 19.3 Å². The average Bonchev–Trinajstić information content (AvgIpc) is 3.20. The third kappa shape index (κ3) is 4.85. The molecule has 0 saturated heterocycles. The molecule has 34 heavy (non-hydrogen) atoms. The highest BCUT2D eigenvalue weighted by Crippen LogP contribution is 2.39. The standard InChI is InChI=1S/C24H24N4O6/c1-34-17-7-3-6-15(10-17)23(32)26-16-8-9-18(21(29)11-16)19-12-20(14-4-2-5-14)28(27-19)24(33)25-13-22(30)31/h3,6-12,14,29H,2,4-5,13H2,1H3,(H,25,33)(H,26,32)(H,30,31). The van der Waals surface area contributed by atoms with E-state index in [9.17, 15) is 19.5 Å². The van der Waals surface area contributed by atoms with Crippen LogP contribution in [0.3, 0.4) is 0 Å². The van der Waals surface area contributed by atoms with Crippen LogP contribution in [0.25, 0.3) is 11.3 Å². The molecule has 2 aromatic carbocycles. The molecule has 1 aliphatic rings. The predicted molar refractivity (Wildman–Crippen MR) is 123 cm³/mol. The summed E-state index contributed by atoms with van der Waals surface area (Å²) in [6.45, 7) is -0.523. The van der Waals surface area contributed by atoms with Crippen LogP contribution >= 0.6 is 0 Å². The van der Waals surface area contributed by atoms with Gasteiger partial charge in [-0.3, -0.25) is 9.59 Å². The van der Waals surface area contributed by atoms with Crippen LogP contribution in [-0.4, -0.2) is 51.6 Å². The van der Waals surface area contributed by atoms with Crippen molar-refractivity contribution >= 4 is 23.6 Å². The minimum Gasteiger partial charge on any atom is -0.507 e. The molecular formula is C24H24N4O6. The number of benzene rings is 2. The molecule has 3 aromatic rings. The van der Waals surface area contributed by atoms with Crippen LogP contribution < -0.4 is 15.4 Å². The maximum absolute atomic E-state index is 12.5. The Labute approximate surface area is 195 Å².